The summed E-state index contributed by atoms with van der Waals surface area (Å²) in [4.78, 5) is 9.96. The molecule has 0 bridgehead atoms. The summed E-state index contributed by atoms with van der Waals surface area (Å²) in [6.07, 6.45) is 1.26. The van der Waals surface area contributed by atoms with Crippen molar-refractivity contribution in [2.24, 2.45) is 5.73 Å². The van der Waals surface area contributed by atoms with E-state index in [9.17, 15) is 10.1 Å². The first-order valence-electron chi connectivity index (χ1n) is 4.24. The van der Waals surface area contributed by atoms with Crippen LogP contribution in [-0.4, -0.2) is 16.6 Å². The molecule has 0 aromatic carbocycles. The van der Waals surface area contributed by atoms with Crippen molar-refractivity contribution in [1.82, 2.24) is 0 Å². The second-order valence-electron chi connectivity index (χ2n) is 2.95. The Bertz CT molecular complexity index is 319. The molecule has 0 aliphatic carbocycles. The molecule has 0 spiro atoms. The number of rotatable bonds is 5. The molecular formula is C8H13ClN2O3S. The van der Waals surface area contributed by atoms with Crippen molar-refractivity contribution in [2.75, 3.05) is 6.61 Å². The van der Waals surface area contributed by atoms with Crippen molar-refractivity contribution < 1.29 is 10.0 Å². The smallest absolute Gasteiger partial charge is 0.324 e. The van der Waals surface area contributed by atoms with E-state index in [1.165, 1.54) is 6.07 Å². The van der Waals surface area contributed by atoms with E-state index in [1.54, 1.807) is 5.38 Å². The zero-order chi connectivity index (χ0) is 10.6. The van der Waals surface area contributed by atoms with Gasteiger partial charge in [0.2, 0.25) is 0 Å². The summed E-state index contributed by atoms with van der Waals surface area (Å²) < 4.78 is 0. The minimum Gasteiger partial charge on any atom is -0.396 e. The number of aliphatic hydroxyl groups excluding tert-OH is 1. The van der Waals surface area contributed by atoms with E-state index in [-0.39, 0.29) is 30.1 Å². The van der Waals surface area contributed by atoms with Gasteiger partial charge in [0.1, 0.15) is 0 Å². The van der Waals surface area contributed by atoms with E-state index in [4.69, 9.17) is 10.8 Å². The van der Waals surface area contributed by atoms with E-state index in [0.717, 1.165) is 16.9 Å². The number of nitro groups is 1. The van der Waals surface area contributed by atoms with Gasteiger partial charge in [-0.25, -0.2) is 0 Å². The van der Waals surface area contributed by atoms with Crippen LogP contribution in [0.3, 0.4) is 0 Å². The molecule has 0 fully saturated rings. The second kappa shape index (κ2) is 6.73. The van der Waals surface area contributed by atoms with Crippen molar-refractivity contribution in [1.29, 1.82) is 0 Å². The maximum atomic E-state index is 10.4. The first-order chi connectivity index (χ1) is 6.65. The highest BCUT2D eigenvalue weighted by Gasteiger charge is 2.13. The van der Waals surface area contributed by atoms with Crippen molar-refractivity contribution in [3.8, 4) is 0 Å². The molecule has 1 aromatic rings. The Morgan fingerprint density at radius 3 is 2.80 bits per heavy atom. The third-order valence-corrected chi connectivity index (χ3v) is 2.79. The van der Waals surface area contributed by atoms with Crippen LogP contribution in [0.15, 0.2) is 11.4 Å². The van der Waals surface area contributed by atoms with Gasteiger partial charge >= 0.3 is 5.00 Å². The molecule has 0 saturated carbocycles. The fourth-order valence-electron chi connectivity index (χ4n) is 1.11. The van der Waals surface area contributed by atoms with Gasteiger partial charge in [-0.2, -0.15) is 0 Å². The highest BCUT2D eigenvalue weighted by Crippen LogP contribution is 2.27. The SMILES string of the molecule is Cl.N[C@@H](CCCO)c1csc([N+](=O)[O-])c1. The highest BCUT2D eigenvalue weighted by atomic mass is 35.5. The van der Waals surface area contributed by atoms with Gasteiger partial charge in [0, 0.05) is 24.1 Å². The zero-order valence-corrected chi connectivity index (χ0v) is 9.59. The van der Waals surface area contributed by atoms with Gasteiger partial charge < -0.3 is 10.8 Å². The summed E-state index contributed by atoms with van der Waals surface area (Å²) in [6.45, 7) is 0.0972. The summed E-state index contributed by atoms with van der Waals surface area (Å²) in [6, 6.07) is 1.28. The normalized spacial score (nSPS) is 11.9. The van der Waals surface area contributed by atoms with E-state index < -0.39 is 4.92 Å². The molecule has 0 amide bonds. The number of hydrogen-bond acceptors (Lipinski definition) is 5. The van der Waals surface area contributed by atoms with Crippen LogP contribution in [0.25, 0.3) is 0 Å². The second-order valence-corrected chi connectivity index (χ2v) is 3.84. The molecule has 1 rings (SSSR count). The average Bonchev–Trinajstić information content (AvgIpc) is 2.62. The van der Waals surface area contributed by atoms with Crippen molar-refractivity contribution in [2.45, 2.75) is 18.9 Å². The molecule has 5 nitrogen and oxygen atoms in total. The van der Waals surface area contributed by atoms with Gasteiger partial charge in [0.25, 0.3) is 0 Å². The Morgan fingerprint density at radius 1 is 1.67 bits per heavy atom. The van der Waals surface area contributed by atoms with Gasteiger partial charge in [-0.05, 0) is 18.4 Å². The van der Waals surface area contributed by atoms with Crippen LogP contribution in [0.4, 0.5) is 5.00 Å². The van der Waals surface area contributed by atoms with Crippen LogP contribution in [-0.2, 0) is 0 Å². The maximum absolute atomic E-state index is 10.4. The molecule has 3 N–H and O–H groups in total. The quantitative estimate of drug-likeness (QED) is 0.618. The van der Waals surface area contributed by atoms with E-state index in [0.29, 0.717) is 12.8 Å². The molecule has 0 unspecified atom stereocenters. The average molecular weight is 253 g/mol. The number of aliphatic hydroxyl groups is 1. The Balaban J connectivity index is 0.00000196. The van der Waals surface area contributed by atoms with Crippen LogP contribution in [0.5, 0.6) is 0 Å². The molecule has 0 saturated heterocycles. The lowest BCUT2D eigenvalue weighted by Gasteiger charge is -2.06. The van der Waals surface area contributed by atoms with Crippen molar-refractivity contribution in [3.63, 3.8) is 0 Å². The molecule has 1 heterocycles. The van der Waals surface area contributed by atoms with Crippen LogP contribution in [0.1, 0.15) is 24.4 Å². The number of nitrogens with two attached hydrogens (primary N) is 1. The molecule has 0 aliphatic heterocycles. The predicted octanol–water partition coefficient (Wildman–Crippen LogP) is 1.85. The molecule has 1 aromatic heterocycles. The maximum Gasteiger partial charge on any atom is 0.324 e. The van der Waals surface area contributed by atoms with Crippen LogP contribution < -0.4 is 5.73 Å². The summed E-state index contributed by atoms with van der Waals surface area (Å²) >= 11 is 1.08. The van der Waals surface area contributed by atoms with E-state index >= 15 is 0 Å². The zero-order valence-electron chi connectivity index (χ0n) is 7.96. The number of nitrogens with zero attached hydrogens (tertiary/aromatic N) is 1. The van der Waals surface area contributed by atoms with Gasteiger partial charge in [-0.15, -0.1) is 12.4 Å². The fraction of sp³-hybridized carbons (Fsp3) is 0.500. The summed E-state index contributed by atoms with van der Waals surface area (Å²) in [5, 5.41) is 20.8. The van der Waals surface area contributed by atoms with Crippen LogP contribution >= 0.6 is 23.7 Å². The topological polar surface area (TPSA) is 89.4 Å². The minimum absolute atomic E-state index is 0. The molecule has 86 valence electrons. The Labute approximate surface area is 97.5 Å². The van der Waals surface area contributed by atoms with Gasteiger partial charge in [-0.1, -0.05) is 11.3 Å². The van der Waals surface area contributed by atoms with Crippen LogP contribution in [0.2, 0.25) is 0 Å². The summed E-state index contributed by atoms with van der Waals surface area (Å²) in [5.74, 6) is 0. The van der Waals surface area contributed by atoms with Gasteiger partial charge in [0.15, 0.2) is 0 Å². The monoisotopic (exact) mass is 252 g/mol. The van der Waals surface area contributed by atoms with Crippen molar-refractivity contribution in [3.05, 3.63) is 27.1 Å². The number of thiophene rings is 1. The van der Waals surface area contributed by atoms with Crippen LogP contribution in [0, 0.1) is 10.1 Å². The molecule has 0 radical (unpaired) electrons. The standard InChI is InChI=1S/C8H12N2O3S.ClH/c9-7(2-1-3-11)6-4-8(10(12)13)14-5-6;/h4-5,7,11H,1-3,9H2;1H/t7-;/m0./s1. The molecule has 1 atom stereocenters. The lowest BCUT2D eigenvalue weighted by Crippen LogP contribution is -2.09. The first kappa shape index (κ1) is 14.3. The lowest BCUT2D eigenvalue weighted by atomic mass is 10.1. The fourth-order valence-corrected chi connectivity index (χ4v) is 1.90. The minimum atomic E-state index is -0.424. The highest BCUT2D eigenvalue weighted by molar-refractivity contribution is 7.13. The van der Waals surface area contributed by atoms with E-state index in [1.807, 2.05) is 0 Å². The summed E-state index contributed by atoms with van der Waals surface area (Å²) in [5.41, 5.74) is 6.54. The third kappa shape index (κ3) is 4.13. The summed E-state index contributed by atoms with van der Waals surface area (Å²) in [7, 11) is 0. The van der Waals surface area contributed by atoms with Gasteiger partial charge in [-0.3, -0.25) is 10.1 Å². The lowest BCUT2D eigenvalue weighted by molar-refractivity contribution is -0.380. The molecule has 15 heavy (non-hydrogen) atoms. The third-order valence-electron chi connectivity index (χ3n) is 1.89. The molecular weight excluding hydrogens is 240 g/mol. The largest absolute Gasteiger partial charge is 0.396 e. The number of halogens is 1. The van der Waals surface area contributed by atoms with E-state index in [2.05, 4.69) is 0 Å². The Morgan fingerprint density at radius 2 is 2.33 bits per heavy atom. The Kier molecular flexibility index (Phi) is 6.42. The first-order valence-corrected chi connectivity index (χ1v) is 5.12. The predicted molar refractivity (Wildman–Crippen MR) is 61.5 cm³/mol. The Hall–Kier alpha value is -0.690. The van der Waals surface area contributed by atoms with Gasteiger partial charge in [0.05, 0.1) is 4.92 Å². The molecule has 0 aliphatic rings. The van der Waals surface area contributed by atoms with Crippen molar-refractivity contribution >= 4 is 28.7 Å². The molecule has 7 heteroatoms. The number of hydrogen-bond donors (Lipinski definition) is 2.